The van der Waals surface area contributed by atoms with Crippen molar-refractivity contribution >= 4 is 12.0 Å². The van der Waals surface area contributed by atoms with Gasteiger partial charge in [-0.2, -0.15) is 0 Å². The van der Waals surface area contributed by atoms with Crippen LogP contribution in [-0.4, -0.2) is 35.6 Å². The van der Waals surface area contributed by atoms with E-state index in [1.54, 1.807) is 4.90 Å². The Bertz CT molecular complexity index is 504. The van der Waals surface area contributed by atoms with Crippen LogP contribution in [0.5, 0.6) is 0 Å². The summed E-state index contributed by atoms with van der Waals surface area (Å²) in [4.78, 5) is 25.0. The van der Waals surface area contributed by atoms with Gasteiger partial charge in [-0.05, 0) is 33.3 Å². The van der Waals surface area contributed by atoms with Gasteiger partial charge in [0.1, 0.15) is 5.60 Å². The van der Waals surface area contributed by atoms with Gasteiger partial charge in [-0.1, -0.05) is 29.8 Å². The van der Waals surface area contributed by atoms with Crippen LogP contribution in [0, 0.1) is 6.92 Å². The molecule has 0 aliphatic heterocycles. The highest BCUT2D eigenvalue weighted by molar-refractivity contribution is 5.73. The molecule has 0 fully saturated rings. The molecule has 5 heteroatoms. The Kier molecular flexibility index (Phi) is 6.40. The molecule has 0 spiro atoms. The number of hydrogen-bond acceptors (Lipinski definition) is 3. The molecule has 0 aliphatic carbocycles. The van der Waals surface area contributed by atoms with Crippen molar-refractivity contribution in [3.8, 4) is 0 Å². The van der Waals surface area contributed by atoms with Gasteiger partial charge < -0.3 is 15.0 Å². The fourth-order valence-corrected chi connectivity index (χ4v) is 1.87. The van der Waals surface area contributed by atoms with Crippen LogP contribution in [-0.2, 0) is 16.1 Å². The third kappa shape index (κ3) is 7.11. The van der Waals surface area contributed by atoms with Crippen LogP contribution in [0.15, 0.2) is 24.3 Å². The number of nitrogens with one attached hydrogen (secondary N) is 1. The van der Waals surface area contributed by atoms with Gasteiger partial charge in [0, 0.05) is 26.6 Å². The number of carbonyl (C=O) groups is 2. The number of hydrogen-bond donors (Lipinski definition) is 1. The van der Waals surface area contributed by atoms with E-state index >= 15 is 0 Å². The fourth-order valence-electron chi connectivity index (χ4n) is 1.87. The standard InChI is InChI=1S/C17H26N2O3/c1-13-6-8-15(9-7-13)12-19(14(2)20)11-10-18-16(21)22-17(3,4)5/h6-9H,10-12H2,1-5H3,(H,18,21). The summed E-state index contributed by atoms with van der Waals surface area (Å²) in [7, 11) is 0. The lowest BCUT2D eigenvalue weighted by atomic mass is 10.1. The summed E-state index contributed by atoms with van der Waals surface area (Å²) in [5.74, 6) is -0.0217. The molecule has 0 atom stereocenters. The second-order valence-electron chi connectivity index (χ2n) is 6.35. The van der Waals surface area contributed by atoms with E-state index in [2.05, 4.69) is 5.32 Å². The maximum absolute atomic E-state index is 11.7. The first kappa shape index (κ1) is 18.0. The van der Waals surface area contributed by atoms with Gasteiger partial charge in [0.15, 0.2) is 0 Å². The van der Waals surface area contributed by atoms with Crippen LogP contribution < -0.4 is 5.32 Å². The van der Waals surface area contributed by atoms with Crippen molar-refractivity contribution in [2.75, 3.05) is 13.1 Å². The molecule has 1 rings (SSSR count). The number of rotatable bonds is 5. The molecule has 1 N–H and O–H groups in total. The van der Waals surface area contributed by atoms with Crippen molar-refractivity contribution in [1.82, 2.24) is 10.2 Å². The highest BCUT2D eigenvalue weighted by atomic mass is 16.6. The molecule has 0 saturated carbocycles. The quantitative estimate of drug-likeness (QED) is 0.910. The molecule has 0 radical (unpaired) electrons. The average molecular weight is 306 g/mol. The summed E-state index contributed by atoms with van der Waals surface area (Å²) in [6, 6.07) is 8.05. The summed E-state index contributed by atoms with van der Waals surface area (Å²) in [6.07, 6.45) is -0.466. The maximum atomic E-state index is 11.7. The molecule has 2 amide bonds. The highest BCUT2D eigenvalue weighted by Crippen LogP contribution is 2.08. The molecule has 5 nitrogen and oxygen atoms in total. The van der Waals surface area contributed by atoms with Crippen LogP contribution in [0.2, 0.25) is 0 Å². The molecular weight excluding hydrogens is 280 g/mol. The Balaban J connectivity index is 2.46. The Morgan fingerprint density at radius 2 is 1.77 bits per heavy atom. The summed E-state index contributed by atoms with van der Waals surface area (Å²) < 4.78 is 5.16. The van der Waals surface area contributed by atoms with E-state index in [0.29, 0.717) is 19.6 Å². The number of alkyl carbamates (subject to hydrolysis) is 1. The third-order valence-electron chi connectivity index (χ3n) is 2.99. The van der Waals surface area contributed by atoms with Gasteiger partial charge in [0.2, 0.25) is 5.91 Å². The number of carbonyl (C=O) groups excluding carboxylic acids is 2. The second kappa shape index (κ2) is 7.82. The van der Waals surface area contributed by atoms with Gasteiger partial charge in [0.05, 0.1) is 0 Å². The lowest BCUT2D eigenvalue weighted by Crippen LogP contribution is -2.39. The molecule has 0 bridgehead atoms. The minimum Gasteiger partial charge on any atom is -0.444 e. The largest absolute Gasteiger partial charge is 0.444 e. The first-order valence-corrected chi connectivity index (χ1v) is 7.45. The Labute approximate surface area is 132 Å². The lowest BCUT2D eigenvalue weighted by Gasteiger charge is -2.23. The number of ether oxygens (including phenoxy) is 1. The van der Waals surface area contributed by atoms with Gasteiger partial charge in [-0.25, -0.2) is 4.79 Å². The molecule has 1 aromatic rings. The van der Waals surface area contributed by atoms with Gasteiger partial charge in [0.25, 0.3) is 0 Å². The van der Waals surface area contributed by atoms with Crippen LogP contribution in [0.3, 0.4) is 0 Å². The summed E-state index contributed by atoms with van der Waals surface area (Å²) >= 11 is 0. The van der Waals surface area contributed by atoms with E-state index < -0.39 is 11.7 Å². The average Bonchev–Trinajstić information content (AvgIpc) is 2.37. The van der Waals surface area contributed by atoms with E-state index in [1.165, 1.54) is 12.5 Å². The van der Waals surface area contributed by atoms with Crippen molar-refractivity contribution < 1.29 is 14.3 Å². The topological polar surface area (TPSA) is 58.6 Å². The first-order chi connectivity index (χ1) is 10.2. The lowest BCUT2D eigenvalue weighted by molar-refractivity contribution is -0.129. The van der Waals surface area contributed by atoms with E-state index in [4.69, 9.17) is 4.74 Å². The van der Waals surface area contributed by atoms with E-state index in [1.807, 2.05) is 52.0 Å². The monoisotopic (exact) mass is 306 g/mol. The zero-order valence-corrected chi connectivity index (χ0v) is 14.1. The third-order valence-corrected chi connectivity index (χ3v) is 2.99. The minimum atomic E-state index is -0.522. The Morgan fingerprint density at radius 3 is 2.27 bits per heavy atom. The van der Waals surface area contributed by atoms with Gasteiger partial charge >= 0.3 is 6.09 Å². The predicted octanol–water partition coefficient (Wildman–Crippen LogP) is 2.87. The Hall–Kier alpha value is -2.04. The normalized spacial score (nSPS) is 11.0. The van der Waals surface area contributed by atoms with Crippen molar-refractivity contribution in [1.29, 1.82) is 0 Å². The van der Waals surface area contributed by atoms with Crippen LogP contribution in [0.25, 0.3) is 0 Å². The zero-order chi connectivity index (χ0) is 16.8. The molecular formula is C17H26N2O3. The van der Waals surface area contributed by atoms with Crippen molar-refractivity contribution in [2.24, 2.45) is 0 Å². The number of amides is 2. The number of aryl methyl sites for hydroxylation is 1. The zero-order valence-electron chi connectivity index (χ0n) is 14.1. The van der Waals surface area contributed by atoms with Crippen LogP contribution >= 0.6 is 0 Å². The minimum absolute atomic E-state index is 0.0217. The van der Waals surface area contributed by atoms with Crippen LogP contribution in [0.1, 0.15) is 38.8 Å². The Morgan fingerprint density at radius 1 is 1.18 bits per heavy atom. The van der Waals surface area contributed by atoms with Gasteiger partial charge in [-0.15, -0.1) is 0 Å². The molecule has 0 unspecified atom stereocenters. The maximum Gasteiger partial charge on any atom is 0.407 e. The second-order valence-corrected chi connectivity index (χ2v) is 6.35. The summed E-state index contributed by atoms with van der Waals surface area (Å²) in [5, 5.41) is 2.66. The van der Waals surface area contributed by atoms with Gasteiger partial charge in [-0.3, -0.25) is 4.79 Å². The summed E-state index contributed by atoms with van der Waals surface area (Å²) in [5.41, 5.74) is 1.73. The molecule has 0 saturated heterocycles. The molecule has 0 aromatic heterocycles. The SMILES string of the molecule is CC(=O)N(CCNC(=O)OC(C)(C)C)Cc1ccc(C)cc1. The van der Waals surface area contributed by atoms with Crippen molar-refractivity contribution in [2.45, 2.75) is 46.8 Å². The molecule has 0 heterocycles. The van der Waals surface area contributed by atoms with Crippen molar-refractivity contribution in [3.63, 3.8) is 0 Å². The molecule has 1 aromatic carbocycles. The predicted molar refractivity (Wildman–Crippen MR) is 86.5 cm³/mol. The van der Waals surface area contributed by atoms with E-state index in [0.717, 1.165) is 5.56 Å². The van der Waals surface area contributed by atoms with E-state index in [-0.39, 0.29) is 5.91 Å². The fraction of sp³-hybridized carbons (Fsp3) is 0.529. The smallest absolute Gasteiger partial charge is 0.407 e. The highest BCUT2D eigenvalue weighted by Gasteiger charge is 2.16. The summed E-state index contributed by atoms with van der Waals surface area (Å²) in [6.45, 7) is 10.3. The number of nitrogens with zero attached hydrogens (tertiary/aromatic N) is 1. The number of benzene rings is 1. The van der Waals surface area contributed by atoms with Crippen LogP contribution in [0.4, 0.5) is 4.79 Å². The molecule has 22 heavy (non-hydrogen) atoms. The first-order valence-electron chi connectivity index (χ1n) is 7.45. The molecule has 0 aliphatic rings. The van der Waals surface area contributed by atoms with E-state index in [9.17, 15) is 9.59 Å². The molecule has 122 valence electrons. The van der Waals surface area contributed by atoms with Crippen molar-refractivity contribution in [3.05, 3.63) is 35.4 Å².